The van der Waals surface area contributed by atoms with Gasteiger partial charge in [-0.3, -0.25) is 0 Å². The van der Waals surface area contributed by atoms with Crippen molar-refractivity contribution in [1.29, 1.82) is 0 Å². The van der Waals surface area contributed by atoms with Gasteiger partial charge in [0, 0.05) is 16.7 Å². The molecule has 1 N–H and O–H groups in total. The van der Waals surface area contributed by atoms with E-state index in [1.807, 2.05) is 25.2 Å². The van der Waals surface area contributed by atoms with Gasteiger partial charge in [-0.15, -0.1) is 11.8 Å². The van der Waals surface area contributed by atoms with Crippen LogP contribution >= 0.6 is 11.8 Å². The Morgan fingerprint density at radius 3 is 2.67 bits per heavy atom. The Bertz CT molecular complexity index is 618. The van der Waals surface area contributed by atoms with Crippen LogP contribution in [0.2, 0.25) is 0 Å². The van der Waals surface area contributed by atoms with Crippen LogP contribution in [0.25, 0.3) is 0 Å². The van der Waals surface area contributed by atoms with Crippen LogP contribution in [0.15, 0.2) is 47.4 Å². The average molecular weight is 305 g/mol. The van der Waals surface area contributed by atoms with Crippen molar-refractivity contribution in [2.24, 2.45) is 0 Å². The summed E-state index contributed by atoms with van der Waals surface area (Å²) in [4.78, 5) is 1.05. The lowest BCUT2D eigenvalue weighted by molar-refractivity contribution is 0.174. The van der Waals surface area contributed by atoms with Crippen molar-refractivity contribution in [2.75, 3.05) is 19.6 Å². The molecule has 0 saturated heterocycles. The van der Waals surface area contributed by atoms with E-state index in [1.54, 1.807) is 23.9 Å². The zero-order valence-electron chi connectivity index (χ0n) is 11.6. The highest BCUT2D eigenvalue weighted by Gasteiger charge is 2.17. The van der Waals surface area contributed by atoms with Gasteiger partial charge in [-0.2, -0.15) is 0 Å². The molecule has 2 aromatic rings. The van der Waals surface area contributed by atoms with E-state index in [0.717, 1.165) is 27.7 Å². The standard InChI is InChI=1S/C16H16FNO2S/c1-18-14(9-21-13-5-3-12(17)4-6-13)11-2-7-15-16(8-11)20-10-19-15/h2-8,14,18H,9-10H2,1H3. The third kappa shape index (κ3) is 3.31. The molecule has 110 valence electrons. The molecule has 1 aliphatic heterocycles. The monoisotopic (exact) mass is 305 g/mol. The third-order valence-corrected chi connectivity index (χ3v) is 4.48. The van der Waals surface area contributed by atoms with Crippen molar-refractivity contribution in [3.05, 3.63) is 53.8 Å². The highest BCUT2D eigenvalue weighted by atomic mass is 32.2. The third-order valence-electron chi connectivity index (χ3n) is 3.38. The minimum absolute atomic E-state index is 0.189. The molecule has 0 spiro atoms. The molecule has 0 fully saturated rings. The van der Waals surface area contributed by atoms with Gasteiger partial charge in [0.05, 0.1) is 0 Å². The molecule has 5 heteroatoms. The van der Waals surface area contributed by atoms with Crippen LogP contribution in [0.4, 0.5) is 4.39 Å². The fraction of sp³-hybridized carbons (Fsp3) is 0.250. The van der Waals surface area contributed by atoms with Gasteiger partial charge >= 0.3 is 0 Å². The normalized spacial score (nSPS) is 14.2. The Balaban J connectivity index is 1.68. The predicted octanol–water partition coefficient (Wildman–Crippen LogP) is 3.61. The van der Waals surface area contributed by atoms with E-state index < -0.39 is 0 Å². The predicted molar refractivity (Wildman–Crippen MR) is 81.5 cm³/mol. The van der Waals surface area contributed by atoms with Crippen LogP contribution in [-0.4, -0.2) is 19.6 Å². The molecule has 1 unspecified atom stereocenters. The molecule has 1 aliphatic rings. The molecule has 3 nitrogen and oxygen atoms in total. The molecule has 1 heterocycles. The van der Waals surface area contributed by atoms with Crippen LogP contribution < -0.4 is 14.8 Å². The molecular formula is C16H16FNO2S. The lowest BCUT2D eigenvalue weighted by Gasteiger charge is -2.16. The molecule has 21 heavy (non-hydrogen) atoms. The number of hydrogen-bond donors (Lipinski definition) is 1. The summed E-state index contributed by atoms with van der Waals surface area (Å²) in [7, 11) is 1.93. The van der Waals surface area contributed by atoms with Crippen molar-refractivity contribution in [1.82, 2.24) is 5.32 Å². The van der Waals surface area contributed by atoms with Crippen LogP contribution in [-0.2, 0) is 0 Å². The smallest absolute Gasteiger partial charge is 0.231 e. The molecule has 0 aromatic heterocycles. The Morgan fingerprint density at radius 2 is 1.90 bits per heavy atom. The fourth-order valence-electron chi connectivity index (χ4n) is 2.19. The second-order valence-corrected chi connectivity index (χ2v) is 5.81. The first-order valence-corrected chi connectivity index (χ1v) is 7.70. The van der Waals surface area contributed by atoms with E-state index in [4.69, 9.17) is 9.47 Å². The second-order valence-electron chi connectivity index (χ2n) is 4.72. The van der Waals surface area contributed by atoms with E-state index in [-0.39, 0.29) is 18.7 Å². The van der Waals surface area contributed by atoms with Gasteiger partial charge in [-0.25, -0.2) is 4.39 Å². The summed E-state index contributed by atoms with van der Waals surface area (Å²) in [6.07, 6.45) is 0. The molecule has 0 amide bonds. The molecular weight excluding hydrogens is 289 g/mol. The summed E-state index contributed by atoms with van der Waals surface area (Å²) in [5.41, 5.74) is 1.15. The first kappa shape index (κ1) is 14.2. The summed E-state index contributed by atoms with van der Waals surface area (Å²) < 4.78 is 23.6. The quantitative estimate of drug-likeness (QED) is 0.855. The summed E-state index contributed by atoms with van der Waals surface area (Å²) in [5.74, 6) is 2.22. The maximum atomic E-state index is 12.9. The number of rotatable bonds is 5. The van der Waals surface area contributed by atoms with Gasteiger partial charge in [0.1, 0.15) is 5.82 Å². The van der Waals surface area contributed by atoms with Crippen molar-refractivity contribution in [3.8, 4) is 11.5 Å². The summed E-state index contributed by atoms with van der Waals surface area (Å²) >= 11 is 1.69. The van der Waals surface area contributed by atoms with Gasteiger partial charge in [-0.05, 0) is 49.0 Å². The molecule has 0 bridgehead atoms. The first-order chi connectivity index (χ1) is 10.3. The number of thioether (sulfide) groups is 1. The summed E-state index contributed by atoms with van der Waals surface area (Å²) in [5, 5.41) is 3.30. The highest BCUT2D eigenvalue weighted by molar-refractivity contribution is 7.99. The van der Waals surface area contributed by atoms with Crippen LogP contribution in [0, 0.1) is 5.82 Å². The zero-order valence-corrected chi connectivity index (χ0v) is 12.5. The van der Waals surface area contributed by atoms with Crippen molar-refractivity contribution >= 4 is 11.8 Å². The fourth-order valence-corrected chi connectivity index (χ4v) is 3.23. The summed E-state index contributed by atoms with van der Waals surface area (Å²) in [6, 6.07) is 12.7. The first-order valence-electron chi connectivity index (χ1n) is 6.71. The van der Waals surface area contributed by atoms with E-state index in [9.17, 15) is 4.39 Å². The Hall–Kier alpha value is -1.72. The number of hydrogen-bond acceptors (Lipinski definition) is 4. The Labute approximate surface area is 127 Å². The van der Waals surface area contributed by atoms with Gasteiger partial charge in [0.2, 0.25) is 6.79 Å². The molecule has 1 atom stereocenters. The van der Waals surface area contributed by atoms with Gasteiger partial charge in [0.15, 0.2) is 11.5 Å². The van der Waals surface area contributed by atoms with Gasteiger partial charge in [0.25, 0.3) is 0 Å². The topological polar surface area (TPSA) is 30.5 Å². The van der Waals surface area contributed by atoms with Crippen LogP contribution in [0.3, 0.4) is 0 Å². The van der Waals surface area contributed by atoms with E-state index in [2.05, 4.69) is 5.32 Å². The largest absolute Gasteiger partial charge is 0.454 e. The maximum absolute atomic E-state index is 12.9. The lowest BCUT2D eigenvalue weighted by atomic mass is 10.1. The molecule has 3 rings (SSSR count). The zero-order chi connectivity index (χ0) is 14.7. The molecule has 2 aromatic carbocycles. The Kier molecular flexibility index (Phi) is 4.31. The number of ether oxygens (including phenoxy) is 2. The molecule has 0 saturated carbocycles. The number of nitrogens with one attached hydrogen (secondary N) is 1. The van der Waals surface area contributed by atoms with Gasteiger partial charge in [-0.1, -0.05) is 6.07 Å². The van der Waals surface area contributed by atoms with Crippen molar-refractivity contribution < 1.29 is 13.9 Å². The number of halogens is 1. The van der Waals surface area contributed by atoms with E-state index in [0.29, 0.717) is 0 Å². The number of benzene rings is 2. The number of fused-ring (bicyclic) bond motifs is 1. The molecule has 0 radical (unpaired) electrons. The minimum Gasteiger partial charge on any atom is -0.454 e. The van der Waals surface area contributed by atoms with Crippen molar-refractivity contribution in [3.63, 3.8) is 0 Å². The minimum atomic E-state index is -0.208. The maximum Gasteiger partial charge on any atom is 0.231 e. The highest BCUT2D eigenvalue weighted by Crippen LogP contribution is 2.35. The second kappa shape index (κ2) is 6.37. The van der Waals surface area contributed by atoms with E-state index in [1.165, 1.54) is 12.1 Å². The SMILES string of the molecule is CNC(CSc1ccc(F)cc1)c1ccc2c(c1)OCO2. The van der Waals surface area contributed by atoms with Gasteiger partial charge < -0.3 is 14.8 Å². The van der Waals surface area contributed by atoms with E-state index >= 15 is 0 Å². The van der Waals surface area contributed by atoms with Crippen LogP contribution in [0.1, 0.15) is 11.6 Å². The summed E-state index contributed by atoms with van der Waals surface area (Å²) in [6.45, 7) is 0.285. The van der Waals surface area contributed by atoms with Crippen LogP contribution in [0.5, 0.6) is 11.5 Å². The lowest BCUT2D eigenvalue weighted by Crippen LogP contribution is -2.18. The Morgan fingerprint density at radius 1 is 1.14 bits per heavy atom. The van der Waals surface area contributed by atoms with Crippen molar-refractivity contribution in [2.45, 2.75) is 10.9 Å². The average Bonchev–Trinajstić information content (AvgIpc) is 2.97. The molecule has 0 aliphatic carbocycles.